The van der Waals surface area contributed by atoms with Crippen molar-refractivity contribution >= 4 is 34.2 Å². The SMILES string of the molecule is Nc1ccc([S+]([O-])N2CC/C=C/C(c3ccc(C(F)(F)F)cc3)=C\CC2)cc1Cl. The maximum Gasteiger partial charge on any atom is 0.416 e. The lowest BCUT2D eigenvalue weighted by Crippen LogP contribution is -2.32. The van der Waals surface area contributed by atoms with Crippen molar-refractivity contribution in [3.05, 3.63) is 76.8 Å². The Hall–Kier alpha value is -1.93. The summed E-state index contributed by atoms with van der Waals surface area (Å²) >= 11 is 4.66. The van der Waals surface area contributed by atoms with Gasteiger partial charge in [-0.25, -0.2) is 0 Å². The predicted octanol–water partition coefficient (Wildman–Crippen LogP) is 5.70. The van der Waals surface area contributed by atoms with E-state index in [9.17, 15) is 17.7 Å². The number of nitrogens with zero attached hydrogens (tertiary/aromatic N) is 1. The highest BCUT2D eigenvalue weighted by atomic mass is 35.5. The molecule has 154 valence electrons. The van der Waals surface area contributed by atoms with Crippen molar-refractivity contribution < 1.29 is 17.7 Å². The van der Waals surface area contributed by atoms with Gasteiger partial charge in [0.05, 0.1) is 27.6 Å². The second kappa shape index (κ2) is 9.26. The Morgan fingerprint density at radius 1 is 1.03 bits per heavy atom. The number of hydrogen-bond donors (Lipinski definition) is 1. The summed E-state index contributed by atoms with van der Waals surface area (Å²) in [6, 6.07) is 10.1. The number of rotatable bonds is 3. The van der Waals surface area contributed by atoms with Gasteiger partial charge in [0.15, 0.2) is 4.90 Å². The van der Waals surface area contributed by atoms with Crippen LogP contribution in [0.15, 0.2) is 65.6 Å². The molecule has 29 heavy (non-hydrogen) atoms. The molecule has 0 aliphatic carbocycles. The molecule has 0 saturated heterocycles. The second-order valence-corrected chi connectivity index (χ2v) is 8.47. The van der Waals surface area contributed by atoms with Gasteiger partial charge in [0.25, 0.3) is 0 Å². The topological polar surface area (TPSA) is 52.3 Å². The van der Waals surface area contributed by atoms with Crippen LogP contribution >= 0.6 is 11.6 Å². The molecule has 3 nitrogen and oxygen atoms in total. The van der Waals surface area contributed by atoms with Gasteiger partial charge in [0.1, 0.15) is 0 Å². The first-order chi connectivity index (χ1) is 13.8. The molecule has 0 bridgehead atoms. The summed E-state index contributed by atoms with van der Waals surface area (Å²) in [6.07, 6.45) is 2.70. The number of hydrogen-bond acceptors (Lipinski definition) is 3. The van der Waals surface area contributed by atoms with E-state index >= 15 is 0 Å². The van der Waals surface area contributed by atoms with Crippen molar-refractivity contribution in [2.24, 2.45) is 0 Å². The second-order valence-electron chi connectivity index (χ2n) is 6.58. The number of halogens is 4. The van der Waals surface area contributed by atoms with Gasteiger partial charge in [-0.3, -0.25) is 0 Å². The molecular weight excluding hydrogens is 421 g/mol. The highest BCUT2D eigenvalue weighted by Crippen LogP contribution is 2.31. The van der Waals surface area contributed by atoms with Gasteiger partial charge in [-0.1, -0.05) is 42.0 Å². The predicted molar refractivity (Wildman–Crippen MR) is 112 cm³/mol. The molecule has 1 heterocycles. The number of alkyl halides is 3. The molecule has 2 N–H and O–H groups in total. The zero-order valence-electron chi connectivity index (χ0n) is 15.5. The minimum atomic E-state index is -4.35. The lowest BCUT2D eigenvalue weighted by Gasteiger charge is -2.23. The molecule has 0 spiro atoms. The Balaban J connectivity index is 1.73. The molecule has 1 aliphatic rings. The van der Waals surface area contributed by atoms with Gasteiger partial charge in [-0.15, -0.1) is 4.31 Å². The van der Waals surface area contributed by atoms with Crippen LogP contribution in [-0.4, -0.2) is 21.9 Å². The largest absolute Gasteiger partial charge is 0.593 e. The van der Waals surface area contributed by atoms with Crippen molar-refractivity contribution in [2.45, 2.75) is 23.9 Å². The van der Waals surface area contributed by atoms with Crippen LogP contribution in [0.4, 0.5) is 18.9 Å². The number of anilines is 1. The third-order valence-corrected chi connectivity index (χ3v) is 6.36. The van der Waals surface area contributed by atoms with Crippen LogP contribution in [0.25, 0.3) is 5.57 Å². The summed E-state index contributed by atoms with van der Waals surface area (Å²) in [5.41, 5.74) is 7.04. The van der Waals surface area contributed by atoms with Crippen molar-refractivity contribution in [2.75, 3.05) is 18.8 Å². The third kappa shape index (κ3) is 5.57. The molecule has 1 aliphatic heterocycles. The summed E-state index contributed by atoms with van der Waals surface area (Å²) in [4.78, 5) is 0.583. The van der Waals surface area contributed by atoms with Crippen molar-refractivity contribution in [1.82, 2.24) is 4.31 Å². The summed E-state index contributed by atoms with van der Waals surface area (Å²) in [7, 11) is 0. The van der Waals surface area contributed by atoms with Crippen LogP contribution in [0, 0.1) is 0 Å². The van der Waals surface area contributed by atoms with Crippen LogP contribution in [0.2, 0.25) is 5.02 Å². The molecule has 0 amide bonds. The molecule has 1 unspecified atom stereocenters. The van der Waals surface area contributed by atoms with Gasteiger partial charge in [-0.05, 0) is 48.2 Å². The van der Waals surface area contributed by atoms with E-state index in [1.807, 2.05) is 22.5 Å². The maximum absolute atomic E-state index is 12.9. The van der Waals surface area contributed by atoms with Crippen LogP contribution < -0.4 is 5.73 Å². The number of nitrogens with two attached hydrogens (primary N) is 1. The van der Waals surface area contributed by atoms with E-state index in [-0.39, 0.29) is 0 Å². The Labute approximate surface area is 176 Å². The quantitative estimate of drug-likeness (QED) is 0.492. The zero-order valence-corrected chi connectivity index (χ0v) is 17.0. The molecule has 0 fully saturated rings. The molecule has 0 radical (unpaired) electrons. The monoisotopic (exact) mass is 440 g/mol. The van der Waals surface area contributed by atoms with E-state index in [0.29, 0.717) is 47.1 Å². The minimum Gasteiger partial charge on any atom is -0.593 e. The lowest BCUT2D eigenvalue weighted by molar-refractivity contribution is -0.137. The summed E-state index contributed by atoms with van der Waals surface area (Å²) in [5, 5.41) is 0.365. The fourth-order valence-corrected chi connectivity index (χ4v) is 4.46. The standard InChI is InChI=1S/C21H20ClF3N2OS/c22-19-14-18(10-11-20(19)26)29(28)27-12-2-1-4-15(5-3-13-27)16-6-8-17(9-7-16)21(23,24)25/h1,4-11,14H,2-3,12-13,26H2/b4-1+,15-5+. The number of benzene rings is 2. The first-order valence-electron chi connectivity index (χ1n) is 9.02. The highest BCUT2D eigenvalue weighted by molar-refractivity contribution is 7.89. The van der Waals surface area contributed by atoms with Crippen LogP contribution in [-0.2, 0) is 17.5 Å². The zero-order chi connectivity index (χ0) is 21.0. The van der Waals surface area contributed by atoms with Gasteiger partial charge >= 0.3 is 6.18 Å². The molecule has 2 aromatic carbocycles. The van der Waals surface area contributed by atoms with E-state index in [2.05, 4.69) is 0 Å². The molecular formula is C21H20ClF3N2OS. The van der Waals surface area contributed by atoms with Crippen molar-refractivity contribution in [3.63, 3.8) is 0 Å². The average Bonchev–Trinajstić information content (AvgIpc) is 2.81. The molecule has 0 aromatic heterocycles. The lowest BCUT2D eigenvalue weighted by atomic mass is 10.0. The van der Waals surface area contributed by atoms with Crippen LogP contribution in [0.3, 0.4) is 0 Å². The number of allylic oxidation sites excluding steroid dienone is 2. The van der Waals surface area contributed by atoms with Gasteiger partial charge in [0.2, 0.25) is 0 Å². The summed E-state index contributed by atoms with van der Waals surface area (Å²) in [6.45, 7) is 1.12. The fourth-order valence-electron chi connectivity index (χ4n) is 2.97. The van der Waals surface area contributed by atoms with Crippen molar-refractivity contribution in [1.29, 1.82) is 0 Å². The molecule has 2 aromatic rings. The van der Waals surface area contributed by atoms with E-state index in [1.165, 1.54) is 12.1 Å². The molecule has 8 heteroatoms. The van der Waals surface area contributed by atoms with E-state index < -0.39 is 23.1 Å². The maximum atomic E-state index is 12.9. The highest BCUT2D eigenvalue weighted by Gasteiger charge is 2.30. The summed E-state index contributed by atoms with van der Waals surface area (Å²) < 4.78 is 53.0. The minimum absolute atomic E-state index is 0.365. The third-order valence-electron chi connectivity index (χ3n) is 4.54. The smallest absolute Gasteiger partial charge is 0.416 e. The van der Waals surface area contributed by atoms with Crippen molar-refractivity contribution in [3.8, 4) is 0 Å². The van der Waals surface area contributed by atoms with Crippen LogP contribution in [0.1, 0.15) is 24.0 Å². The van der Waals surface area contributed by atoms with E-state index in [0.717, 1.165) is 17.7 Å². The normalized spacial score (nSPS) is 20.1. The van der Waals surface area contributed by atoms with Gasteiger partial charge < -0.3 is 10.3 Å². The van der Waals surface area contributed by atoms with Crippen LogP contribution in [0.5, 0.6) is 0 Å². The van der Waals surface area contributed by atoms with Gasteiger partial charge in [0, 0.05) is 19.2 Å². The van der Waals surface area contributed by atoms with Gasteiger partial charge in [-0.2, -0.15) is 13.2 Å². The molecule has 0 saturated carbocycles. The van der Waals surface area contributed by atoms with E-state index in [1.54, 1.807) is 18.2 Å². The summed E-state index contributed by atoms with van der Waals surface area (Å²) in [5.74, 6) is 0. The first-order valence-corrected chi connectivity index (χ1v) is 10.5. The Bertz CT molecular complexity index is 913. The average molecular weight is 441 g/mol. The molecule has 1 atom stereocenters. The molecule has 3 rings (SSSR count). The fraction of sp³-hybridized carbons (Fsp3) is 0.238. The Kier molecular flexibility index (Phi) is 6.95. The Morgan fingerprint density at radius 3 is 2.38 bits per heavy atom. The first kappa shape index (κ1) is 21.8. The number of nitrogen functional groups attached to an aromatic ring is 1. The Morgan fingerprint density at radius 2 is 1.72 bits per heavy atom. The van der Waals surface area contributed by atoms with E-state index in [4.69, 9.17) is 17.3 Å².